The molecule has 16 heavy (non-hydrogen) atoms. The van der Waals surface area contributed by atoms with Crippen molar-refractivity contribution in [3.8, 4) is 0 Å². The molecule has 86 valence electrons. The average molecular weight is 300 g/mol. The molecule has 0 saturated carbocycles. The van der Waals surface area contributed by atoms with Gasteiger partial charge in [0.1, 0.15) is 5.76 Å². The Bertz CT molecular complexity index is 450. The van der Waals surface area contributed by atoms with E-state index in [-0.39, 0.29) is 6.04 Å². The first-order valence-electron chi connectivity index (χ1n) is 5.25. The molecule has 0 radical (unpaired) electrons. The molecule has 0 spiro atoms. The molecule has 4 heteroatoms. The normalized spacial score (nSPS) is 12.9. The zero-order chi connectivity index (χ0) is 11.5. The minimum absolute atomic E-state index is 0.155. The summed E-state index contributed by atoms with van der Waals surface area (Å²) in [5.41, 5.74) is 1.29. The molecule has 2 rings (SSSR count). The van der Waals surface area contributed by atoms with Gasteiger partial charge in [-0.1, -0.05) is 6.92 Å². The lowest BCUT2D eigenvalue weighted by Gasteiger charge is -2.15. The van der Waals surface area contributed by atoms with Crippen LogP contribution in [-0.2, 0) is 0 Å². The van der Waals surface area contributed by atoms with Crippen LogP contribution in [0.4, 0.5) is 0 Å². The van der Waals surface area contributed by atoms with Crippen molar-refractivity contribution in [2.24, 2.45) is 0 Å². The summed E-state index contributed by atoms with van der Waals surface area (Å²) in [4.78, 5) is 1.31. The van der Waals surface area contributed by atoms with Crippen molar-refractivity contribution in [3.05, 3.63) is 44.4 Å². The first-order valence-corrected chi connectivity index (χ1v) is 6.86. The number of hydrogen-bond acceptors (Lipinski definition) is 3. The minimum Gasteiger partial charge on any atom is -0.467 e. The zero-order valence-electron chi connectivity index (χ0n) is 9.29. The van der Waals surface area contributed by atoms with E-state index in [0.29, 0.717) is 0 Å². The molecule has 0 aliphatic rings. The van der Waals surface area contributed by atoms with E-state index in [1.54, 1.807) is 17.6 Å². The summed E-state index contributed by atoms with van der Waals surface area (Å²) in [5.74, 6) is 0.968. The Labute approximate surface area is 108 Å². The van der Waals surface area contributed by atoms with Crippen molar-refractivity contribution in [2.45, 2.75) is 19.9 Å². The quantitative estimate of drug-likeness (QED) is 0.919. The molecule has 2 nitrogen and oxygen atoms in total. The number of nitrogens with one attached hydrogen (secondary N) is 1. The van der Waals surface area contributed by atoms with Crippen molar-refractivity contribution in [1.29, 1.82) is 0 Å². The number of rotatable bonds is 4. The van der Waals surface area contributed by atoms with Gasteiger partial charge in [0.15, 0.2) is 0 Å². The predicted molar refractivity (Wildman–Crippen MR) is 71.0 cm³/mol. The second kappa shape index (κ2) is 5.17. The largest absolute Gasteiger partial charge is 0.467 e. The molecule has 0 aliphatic carbocycles. The molecule has 0 bridgehead atoms. The van der Waals surface area contributed by atoms with Gasteiger partial charge in [-0.3, -0.25) is 0 Å². The molecular weight excluding hydrogens is 286 g/mol. The van der Waals surface area contributed by atoms with Crippen LogP contribution in [0.1, 0.15) is 29.2 Å². The fourth-order valence-electron chi connectivity index (χ4n) is 1.77. The van der Waals surface area contributed by atoms with Gasteiger partial charge >= 0.3 is 0 Å². The standard InChI is InChI=1S/C12H14BrNOS/c1-3-14-12(10-5-4-6-15-10)9-7-11(13)16-8(9)2/h4-7,12,14H,3H2,1-2H3. The Morgan fingerprint density at radius 1 is 1.56 bits per heavy atom. The van der Waals surface area contributed by atoms with E-state index in [1.807, 2.05) is 12.1 Å². The Morgan fingerprint density at radius 2 is 2.38 bits per heavy atom. The van der Waals surface area contributed by atoms with Crippen LogP contribution in [0.25, 0.3) is 0 Å². The van der Waals surface area contributed by atoms with E-state index in [0.717, 1.165) is 16.1 Å². The maximum Gasteiger partial charge on any atom is 0.125 e. The highest BCUT2D eigenvalue weighted by molar-refractivity contribution is 9.11. The molecule has 0 saturated heterocycles. The predicted octanol–water partition coefficient (Wildman–Crippen LogP) is 4.11. The fourth-order valence-corrected chi connectivity index (χ4v) is 3.52. The molecule has 2 aromatic rings. The van der Waals surface area contributed by atoms with Crippen LogP contribution in [0, 0.1) is 6.92 Å². The van der Waals surface area contributed by atoms with Crippen molar-refractivity contribution in [3.63, 3.8) is 0 Å². The van der Waals surface area contributed by atoms with E-state index < -0.39 is 0 Å². The third-order valence-corrected chi connectivity index (χ3v) is 4.04. The molecule has 0 aliphatic heterocycles. The summed E-state index contributed by atoms with van der Waals surface area (Å²) in [6, 6.07) is 6.26. The van der Waals surface area contributed by atoms with Gasteiger partial charge in [0, 0.05) is 4.88 Å². The number of thiophene rings is 1. The smallest absolute Gasteiger partial charge is 0.125 e. The summed E-state index contributed by atoms with van der Waals surface area (Å²) in [5, 5.41) is 3.45. The number of furan rings is 1. The highest BCUT2D eigenvalue weighted by Crippen LogP contribution is 2.33. The molecule has 0 amide bonds. The molecule has 2 aromatic heterocycles. The van der Waals surface area contributed by atoms with Gasteiger partial charge in [-0.15, -0.1) is 11.3 Å². The van der Waals surface area contributed by atoms with E-state index in [4.69, 9.17) is 4.42 Å². The van der Waals surface area contributed by atoms with E-state index in [1.165, 1.54) is 10.4 Å². The molecule has 1 N–H and O–H groups in total. The number of hydrogen-bond donors (Lipinski definition) is 1. The van der Waals surface area contributed by atoms with E-state index >= 15 is 0 Å². The van der Waals surface area contributed by atoms with Crippen LogP contribution in [-0.4, -0.2) is 6.54 Å². The summed E-state index contributed by atoms with van der Waals surface area (Å²) < 4.78 is 6.66. The highest BCUT2D eigenvalue weighted by atomic mass is 79.9. The molecule has 0 fully saturated rings. The minimum atomic E-state index is 0.155. The van der Waals surface area contributed by atoms with Crippen molar-refractivity contribution in [1.82, 2.24) is 5.32 Å². The number of aryl methyl sites for hydroxylation is 1. The first kappa shape index (κ1) is 11.9. The van der Waals surface area contributed by atoms with Crippen molar-refractivity contribution < 1.29 is 4.42 Å². The van der Waals surface area contributed by atoms with Gasteiger partial charge in [-0.05, 0) is 53.2 Å². The van der Waals surface area contributed by atoms with Crippen LogP contribution in [0.2, 0.25) is 0 Å². The van der Waals surface area contributed by atoms with Crippen molar-refractivity contribution in [2.75, 3.05) is 6.54 Å². The van der Waals surface area contributed by atoms with Crippen LogP contribution in [0.3, 0.4) is 0 Å². The number of halogens is 1. The van der Waals surface area contributed by atoms with Gasteiger partial charge in [-0.2, -0.15) is 0 Å². The Hall–Kier alpha value is -0.580. The van der Waals surface area contributed by atoms with Crippen molar-refractivity contribution >= 4 is 27.3 Å². The SMILES string of the molecule is CCNC(c1ccco1)c1cc(Br)sc1C. The Balaban J connectivity index is 2.36. The third kappa shape index (κ3) is 2.39. The van der Waals surface area contributed by atoms with E-state index in [9.17, 15) is 0 Å². The topological polar surface area (TPSA) is 25.2 Å². The zero-order valence-corrected chi connectivity index (χ0v) is 11.7. The second-order valence-corrected chi connectivity index (χ2v) is 6.20. The maximum atomic E-state index is 5.49. The molecule has 0 aromatic carbocycles. The second-order valence-electron chi connectivity index (χ2n) is 3.57. The van der Waals surface area contributed by atoms with E-state index in [2.05, 4.69) is 41.2 Å². The summed E-state index contributed by atoms with van der Waals surface area (Å²) >= 11 is 5.28. The third-order valence-electron chi connectivity index (χ3n) is 2.47. The van der Waals surface area contributed by atoms with Gasteiger partial charge in [0.05, 0.1) is 16.1 Å². The summed E-state index contributed by atoms with van der Waals surface area (Å²) in [6.07, 6.45) is 1.72. The molecule has 2 heterocycles. The Kier molecular flexibility index (Phi) is 3.84. The average Bonchev–Trinajstić information content (AvgIpc) is 2.85. The van der Waals surface area contributed by atoms with Gasteiger partial charge in [-0.25, -0.2) is 0 Å². The first-order chi connectivity index (χ1) is 7.72. The van der Waals surface area contributed by atoms with Crippen LogP contribution < -0.4 is 5.32 Å². The fraction of sp³-hybridized carbons (Fsp3) is 0.333. The lowest BCUT2D eigenvalue weighted by molar-refractivity contribution is 0.452. The molecule has 1 unspecified atom stereocenters. The lowest BCUT2D eigenvalue weighted by atomic mass is 10.1. The summed E-state index contributed by atoms with van der Waals surface area (Å²) in [7, 11) is 0. The molecular formula is C12H14BrNOS. The monoisotopic (exact) mass is 299 g/mol. The summed E-state index contributed by atoms with van der Waals surface area (Å²) in [6.45, 7) is 5.16. The van der Waals surface area contributed by atoms with Gasteiger partial charge < -0.3 is 9.73 Å². The van der Waals surface area contributed by atoms with Gasteiger partial charge in [0.2, 0.25) is 0 Å². The lowest BCUT2D eigenvalue weighted by Crippen LogP contribution is -2.21. The van der Waals surface area contributed by atoms with Crippen LogP contribution in [0.5, 0.6) is 0 Å². The Morgan fingerprint density at radius 3 is 2.88 bits per heavy atom. The van der Waals surface area contributed by atoms with Gasteiger partial charge in [0.25, 0.3) is 0 Å². The maximum absolute atomic E-state index is 5.49. The van der Waals surface area contributed by atoms with Crippen LogP contribution in [0.15, 0.2) is 32.7 Å². The highest BCUT2D eigenvalue weighted by Gasteiger charge is 2.19. The van der Waals surface area contributed by atoms with Crippen LogP contribution >= 0.6 is 27.3 Å². The molecule has 1 atom stereocenters.